The van der Waals surface area contributed by atoms with Crippen molar-refractivity contribution in [1.82, 2.24) is 20.5 Å². The molecule has 3 aromatic rings. The first-order chi connectivity index (χ1) is 13.6. The lowest BCUT2D eigenvalue weighted by molar-refractivity contribution is 0.0914. The average Bonchev–Trinajstić information content (AvgIpc) is 3.20. The topological polar surface area (TPSA) is 109 Å². The first kappa shape index (κ1) is 19.2. The van der Waals surface area contributed by atoms with E-state index in [1.54, 1.807) is 44.8 Å². The number of methoxy groups -OCH3 is 3. The highest BCUT2D eigenvalue weighted by Gasteiger charge is 2.17. The van der Waals surface area contributed by atoms with Gasteiger partial charge in [-0.25, -0.2) is 0 Å². The van der Waals surface area contributed by atoms with Gasteiger partial charge in [0.1, 0.15) is 0 Å². The second-order valence-electron chi connectivity index (χ2n) is 5.76. The Balaban J connectivity index is 1.69. The maximum absolute atomic E-state index is 12.2. The zero-order valence-electron chi connectivity index (χ0n) is 15.8. The van der Waals surface area contributed by atoms with Crippen molar-refractivity contribution in [3.05, 3.63) is 59.6 Å². The standard InChI is InChI=1S/C19H20N4O5/c1-25-14-7-13(8-15(26-2)17(14)27-3)9-16-22-23-19(28-16)18(24)21-11-12-5-4-6-20-10-12/h4-8,10H,9,11H2,1-3H3,(H,21,24). The summed E-state index contributed by atoms with van der Waals surface area (Å²) in [5.41, 5.74) is 1.67. The van der Waals surface area contributed by atoms with Crippen LogP contribution in [-0.2, 0) is 13.0 Å². The van der Waals surface area contributed by atoms with Gasteiger partial charge in [0.05, 0.1) is 27.8 Å². The minimum absolute atomic E-state index is 0.105. The van der Waals surface area contributed by atoms with Crippen LogP contribution in [0, 0.1) is 0 Å². The molecule has 2 heterocycles. The molecule has 0 bridgehead atoms. The number of pyridine rings is 1. The molecular formula is C19H20N4O5. The number of hydrogen-bond acceptors (Lipinski definition) is 8. The molecule has 0 aliphatic rings. The normalized spacial score (nSPS) is 10.4. The molecule has 0 spiro atoms. The Bertz CT molecular complexity index is 918. The monoisotopic (exact) mass is 384 g/mol. The SMILES string of the molecule is COc1cc(Cc2nnc(C(=O)NCc3cccnc3)o2)cc(OC)c1OC. The summed E-state index contributed by atoms with van der Waals surface area (Å²) in [4.78, 5) is 16.2. The van der Waals surface area contributed by atoms with Crippen LogP contribution in [0.25, 0.3) is 0 Å². The highest BCUT2D eigenvalue weighted by molar-refractivity contribution is 5.89. The lowest BCUT2D eigenvalue weighted by Crippen LogP contribution is -2.23. The minimum Gasteiger partial charge on any atom is -0.493 e. The summed E-state index contributed by atoms with van der Waals surface area (Å²) >= 11 is 0. The summed E-state index contributed by atoms with van der Waals surface area (Å²) < 4.78 is 21.4. The molecule has 3 rings (SSSR count). The zero-order valence-corrected chi connectivity index (χ0v) is 15.8. The van der Waals surface area contributed by atoms with Crippen molar-refractivity contribution in [2.24, 2.45) is 0 Å². The number of nitrogens with zero attached hydrogens (tertiary/aromatic N) is 3. The van der Waals surface area contributed by atoms with Crippen molar-refractivity contribution in [3.63, 3.8) is 0 Å². The Morgan fingerprint density at radius 1 is 1.07 bits per heavy atom. The van der Waals surface area contributed by atoms with Gasteiger partial charge in [-0.15, -0.1) is 10.2 Å². The molecule has 146 valence electrons. The molecule has 0 saturated carbocycles. The molecule has 0 radical (unpaired) electrons. The lowest BCUT2D eigenvalue weighted by atomic mass is 10.1. The van der Waals surface area contributed by atoms with Gasteiger partial charge in [-0.3, -0.25) is 9.78 Å². The number of benzene rings is 1. The molecule has 0 aliphatic heterocycles. The van der Waals surface area contributed by atoms with Gasteiger partial charge in [-0.05, 0) is 29.3 Å². The molecule has 0 aliphatic carbocycles. The predicted octanol–water partition coefficient (Wildman–Crippen LogP) is 2.01. The van der Waals surface area contributed by atoms with Crippen LogP contribution in [0.1, 0.15) is 27.7 Å². The third kappa shape index (κ3) is 4.37. The van der Waals surface area contributed by atoms with Crippen molar-refractivity contribution >= 4 is 5.91 Å². The fourth-order valence-electron chi connectivity index (χ4n) is 2.59. The number of amides is 1. The zero-order chi connectivity index (χ0) is 19.9. The summed E-state index contributed by atoms with van der Waals surface area (Å²) in [6.07, 6.45) is 3.64. The first-order valence-corrected chi connectivity index (χ1v) is 8.43. The van der Waals surface area contributed by atoms with Gasteiger partial charge in [0.25, 0.3) is 0 Å². The minimum atomic E-state index is -0.451. The molecule has 0 saturated heterocycles. The van der Waals surface area contributed by atoms with E-state index in [1.165, 1.54) is 7.11 Å². The largest absolute Gasteiger partial charge is 0.493 e. The Morgan fingerprint density at radius 3 is 2.43 bits per heavy atom. The number of ether oxygens (including phenoxy) is 3. The predicted molar refractivity (Wildman–Crippen MR) is 98.6 cm³/mol. The first-order valence-electron chi connectivity index (χ1n) is 8.43. The van der Waals surface area contributed by atoms with Gasteiger partial charge in [-0.2, -0.15) is 0 Å². The summed E-state index contributed by atoms with van der Waals surface area (Å²) in [7, 11) is 4.62. The highest BCUT2D eigenvalue weighted by atomic mass is 16.5. The number of rotatable bonds is 8. The van der Waals surface area contributed by atoms with E-state index in [0.29, 0.717) is 36.1 Å². The van der Waals surface area contributed by atoms with E-state index in [9.17, 15) is 4.79 Å². The number of carbonyl (C=O) groups excluding carboxylic acids is 1. The van der Waals surface area contributed by atoms with Gasteiger partial charge in [-0.1, -0.05) is 6.07 Å². The average molecular weight is 384 g/mol. The van der Waals surface area contributed by atoms with Crippen LogP contribution in [0.2, 0.25) is 0 Å². The van der Waals surface area contributed by atoms with Crippen molar-refractivity contribution in [2.45, 2.75) is 13.0 Å². The van der Waals surface area contributed by atoms with E-state index in [4.69, 9.17) is 18.6 Å². The summed E-state index contributed by atoms with van der Waals surface area (Å²) in [6.45, 7) is 0.317. The molecule has 9 nitrogen and oxygen atoms in total. The second kappa shape index (κ2) is 8.85. The summed E-state index contributed by atoms with van der Waals surface area (Å²) in [6, 6.07) is 7.22. The van der Waals surface area contributed by atoms with Crippen LogP contribution in [-0.4, -0.2) is 42.4 Å². The fraction of sp³-hybridized carbons (Fsp3) is 0.263. The van der Waals surface area contributed by atoms with Crippen LogP contribution in [0.5, 0.6) is 17.2 Å². The van der Waals surface area contributed by atoms with Crippen LogP contribution >= 0.6 is 0 Å². The van der Waals surface area contributed by atoms with Gasteiger partial charge >= 0.3 is 11.8 Å². The van der Waals surface area contributed by atoms with Crippen molar-refractivity contribution in [3.8, 4) is 17.2 Å². The molecule has 1 N–H and O–H groups in total. The fourth-order valence-corrected chi connectivity index (χ4v) is 2.59. The van der Waals surface area contributed by atoms with Gasteiger partial charge in [0, 0.05) is 18.9 Å². The summed E-state index contributed by atoms with van der Waals surface area (Å²) in [5.74, 6) is 1.27. The quantitative estimate of drug-likeness (QED) is 0.628. The Morgan fingerprint density at radius 2 is 1.82 bits per heavy atom. The third-order valence-corrected chi connectivity index (χ3v) is 3.92. The molecule has 0 fully saturated rings. The molecule has 2 aromatic heterocycles. The third-order valence-electron chi connectivity index (χ3n) is 3.92. The molecule has 0 unspecified atom stereocenters. The van der Waals surface area contributed by atoms with E-state index < -0.39 is 5.91 Å². The number of aromatic nitrogens is 3. The molecule has 0 atom stereocenters. The van der Waals surface area contributed by atoms with Crippen LogP contribution in [0.15, 0.2) is 41.1 Å². The molecular weight excluding hydrogens is 364 g/mol. The maximum atomic E-state index is 12.2. The molecule has 1 amide bonds. The lowest BCUT2D eigenvalue weighted by Gasteiger charge is -2.13. The Hall–Kier alpha value is -3.62. The van der Waals surface area contributed by atoms with Crippen molar-refractivity contribution in [2.75, 3.05) is 21.3 Å². The van der Waals surface area contributed by atoms with Crippen LogP contribution in [0.3, 0.4) is 0 Å². The van der Waals surface area contributed by atoms with E-state index in [0.717, 1.165) is 11.1 Å². The summed E-state index contributed by atoms with van der Waals surface area (Å²) in [5, 5.41) is 10.5. The van der Waals surface area contributed by atoms with Gasteiger partial charge < -0.3 is 23.9 Å². The highest BCUT2D eigenvalue weighted by Crippen LogP contribution is 2.38. The maximum Gasteiger partial charge on any atom is 0.309 e. The van der Waals surface area contributed by atoms with Crippen LogP contribution in [0.4, 0.5) is 0 Å². The molecule has 1 aromatic carbocycles. The van der Waals surface area contributed by atoms with E-state index in [2.05, 4.69) is 20.5 Å². The Kier molecular flexibility index (Phi) is 6.05. The van der Waals surface area contributed by atoms with E-state index >= 15 is 0 Å². The van der Waals surface area contributed by atoms with Crippen LogP contribution < -0.4 is 19.5 Å². The van der Waals surface area contributed by atoms with Crippen molar-refractivity contribution in [1.29, 1.82) is 0 Å². The number of nitrogens with one attached hydrogen (secondary N) is 1. The van der Waals surface area contributed by atoms with E-state index in [-0.39, 0.29) is 5.89 Å². The number of carbonyl (C=O) groups is 1. The smallest absolute Gasteiger partial charge is 0.309 e. The van der Waals surface area contributed by atoms with Gasteiger partial charge in [0.2, 0.25) is 11.6 Å². The molecule has 9 heteroatoms. The molecule has 28 heavy (non-hydrogen) atoms. The number of hydrogen-bond donors (Lipinski definition) is 1. The Labute approximate surface area is 161 Å². The van der Waals surface area contributed by atoms with Gasteiger partial charge in [0.15, 0.2) is 11.5 Å². The second-order valence-corrected chi connectivity index (χ2v) is 5.76. The van der Waals surface area contributed by atoms with Crippen molar-refractivity contribution < 1.29 is 23.4 Å². The van der Waals surface area contributed by atoms with E-state index in [1.807, 2.05) is 6.07 Å².